The number of anilines is 3. The molecule has 6 nitrogen and oxygen atoms in total. The Kier molecular flexibility index (Phi) is 5.53. The van der Waals surface area contributed by atoms with E-state index in [0.29, 0.717) is 11.2 Å². The van der Waals surface area contributed by atoms with E-state index in [1.54, 1.807) is 6.20 Å². The molecule has 0 aliphatic carbocycles. The molecular formula is C23H28N4O2. The zero-order valence-corrected chi connectivity index (χ0v) is 17.3. The molecule has 0 spiro atoms. The fourth-order valence-corrected chi connectivity index (χ4v) is 4.01. The largest absolute Gasteiger partial charge is 0.375 e. The molecule has 3 aromatic rings. The van der Waals surface area contributed by atoms with Crippen molar-refractivity contribution >= 4 is 28.0 Å². The molecule has 4 rings (SSSR count). The first-order valence-corrected chi connectivity index (χ1v) is 10.3. The van der Waals surface area contributed by atoms with E-state index in [1.807, 2.05) is 12.1 Å². The van der Waals surface area contributed by atoms with E-state index in [1.165, 1.54) is 11.3 Å². The van der Waals surface area contributed by atoms with Gasteiger partial charge in [0, 0.05) is 36.4 Å². The predicted octanol–water partition coefficient (Wildman–Crippen LogP) is 4.15. The van der Waals surface area contributed by atoms with Gasteiger partial charge in [0.1, 0.15) is 5.82 Å². The van der Waals surface area contributed by atoms with E-state index in [9.17, 15) is 4.79 Å². The van der Waals surface area contributed by atoms with Gasteiger partial charge in [-0.25, -0.2) is 4.98 Å². The van der Waals surface area contributed by atoms with Crippen molar-refractivity contribution in [2.75, 3.05) is 29.9 Å². The van der Waals surface area contributed by atoms with Gasteiger partial charge in [-0.05, 0) is 61.5 Å². The van der Waals surface area contributed by atoms with Crippen LogP contribution >= 0.6 is 0 Å². The van der Waals surface area contributed by atoms with Crippen LogP contribution in [0.25, 0.3) is 10.8 Å². The summed E-state index contributed by atoms with van der Waals surface area (Å²) in [5.41, 5.74) is 4.20. The number of aromatic nitrogens is 2. The summed E-state index contributed by atoms with van der Waals surface area (Å²) in [6.45, 7) is 8.91. The predicted molar refractivity (Wildman–Crippen MR) is 118 cm³/mol. The minimum atomic E-state index is -0.129. The van der Waals surface area contributed by atoms with Crippen molar-refractivity contribution < 1.29 is 4.74 Å². The van der Waals surface area contributed by atoms with Crippen LogP contribution in [0.15, 0.2) is 41.3 Å². The molecule has 1 atom stereocenters. The molecule has 29 heavy (non-hydrogen) atoms. The number of nitrogens with one attached hydrogen (secondary N) is 2. The minimum absolute atomic E-state index is 0.129. The number of benzene rings is 1. The van der Waals surface area contributed by atoms with Gasteiger partial charge in [-0.3, -0.25) is 4.79 Å². The summed E-state index contributed by atoms with van der Waals surface area (Å²) in [5, 5.41) is 4.89. The Balaban J connectivity index is 1.68. The van der Waals surface area contributed by atoms with Crippen LogP contribution in [0, 0.1) is 6.92 Å². The summed E-state index contributed by atoms with van der Waals surface area (Å²) < 4.78 is 5.66. The van der Waals surface area contributed by atoms with Crippen LogP contribution < -0.4 is 15.8 Å². The number of ether oxygens (including phenoxy) is 1. The van der Waals surface area contributed by atoms with Gasteiger partial charge in [0.2, 0.25) is 0 Å². The van der Waals surface area contributed by atoms with Crippen molar-refractivity contribution in [3.63, 3.8) is 0 Å². The minimum Gasteiger partial charge on any atom is -0.375 e. The van der Waals surface area contributed by atoms with Crippen LogP contribution in [0.5, 0.6) is 0 Å². The van der Waals surface area contributed by atoms with Gasteiger partial charge in [0.25, 0.3) is 5.56 Å². The molecule has 1 fully saturated rings. The Morgan fingerprint density at radius 3 is 2.93 bits per heavy atom. The second-order valence-corrected chi connectivity index (χ2v) is 7.74. The number of aryl methyl sites for hydroxylation is 2. The van der Waals surface area contributed by atoms with Crippen LogP contribution in [0.1, 0.15) is 31.5 Å². The highest BCUT2D eigenvalue weighted by Gasteiger charge is 2.18. The smallest absolute Gasteiger partial charge is 0.259 e. The molecule has 6 heteroatoms. The molecule has 1 aliphatic rings. The first-order valence-electron chi connectivity index (χ1n) is 10.3. The molecule has 0 radical (unpaired) electrons. The number of morpholine rings is 1. The van der Waals surface area contributed by atoms with Crippen LogP contribution in [-0.2, 0) is 11.2 Å². The Hall–Kier alpha value is -2.86. The SMILES string of the molecule is CCCc1cc2cc[nH]c(=O)c2c(Nc2ccc(N3CCO[C@H](C)C3)c(C)c2)n1. The number of aromatic amines is 1. The maximum absolute atomic E-state index is 12.5. The fourth-order valence-electron chi connectivity index (χ4n) is 4.01. The molecular weight excluding hydrogens is 364 g/mol. The average Bonchev–Trinajstić information content (AvgIpc) is 2.68. The van der Waals surface area contributed by atoms with Gasteiger partial charge in [0.05, 0.1) is 18.1 Å². The summed E-state index contributed by atoms with van der Waals surface area (Å²) in [4.78, 5) is 22.3. The van der Waals surface area contributed by atoms with Crippen LogP contribution in [0.3, 0.4) is 0 Å². The highest BCUT2D eigenvalue weighted by Crippen LogP contribution is 2.28. The van der Waals surface area contributed by atoms with Crippen LogP contribution in [-0.4, -0.2) is 35.8 Å². The number of hydrogen-bond donors (Lipinski definition) is 2. The van der Waals surface area contributed by atoms with Gasteiger partial charge in [-0.2, -0.15) is 0 Å². The molecule has 3 heterocycles. The molecule has 152 valence electrons. The quantitative estimate of drug-likeness (QED) is 0.682. The van der Waals surface area contributed by atoms with Gasteiger partial charge in [-0.15, -0.1) is 0 Å². The van der Waals surface area contributed by atoms with Crippen molar-refractivity contribution in [3.05, 3.63) is 58.1 Å². The second-order valence-electron chi connectivity index (χ2n) is 7.74. The van der Waals surface area contributed by atoms with E-state index in [-0.39, 0.29) is 11.7 Å². The van der Waals surface area contributed by atoms with Crippen molar-refractivity contribution in [3.8, 4) is 0 Å². The Morgan fingerprint density at radius 1 is 1.31 bits per heavy atom. The summed E-state index contributed by atoms with van der Waals surface area (Å²) >= 11 is 0. The number of fused-ring (bicyclic) bond motifs is 1. The lowest BCUT2D eigenvalue weighted by Gasteiger charge is -2.34. The van der Waals surface area contributed by atoms with E-state index in [4.69, 9.17) is 9.72 Å². The van der Waals surface area contributed by atoms with E-state index < -0.39 is 0 Å². The fraction of sp³-hybridized carbons (Fsp3) is 0.391. The molecule has 0 unspecified atom stereocenters. The molecule has 1 aromatic carbocycles. The molecule has 1 saturated heterocycles. The Morgan fingerprint density at radius 2 is 2.17 bits per heavy atom. The first kappa shape index (κ1) is 19.5. The van der Waals surface area contributed by atoms with Crippen molar-refractivity contribution in [1.82, 2.24) is 9.97 Å². The molecule has 0 bridgehead atoms. The number of hydrogen-bond acceptors (Lipinski definition) is 5. The van der Waals surface area contributed by atoms with Gasteiger partial charge < -0.3 is 19.9 Å². The molecule has 1 aliphatic heterocycles. The van der Waals surface area contributed by atoms with Gasteiger partial charge in [-0.1, -0.05) is 13.3 Å². The van der Waals surface area contributed by atoms with Crippen LogP contribution in [0.4, 0.5) is 17.2 Å². The average molecular weight is 393 g/mol. The highest BCUT2D eigenvalue weighted by molar-refractivity contribution is 5.93. The summed E-state index contributed by atoms with van der Waals surface area (Å²) in [5.74, 6) is 0.611. The van der Waals surface area contributed by atoms with Crippen molar-refractivity contribution in [2.24, 2.45) is 0 Å². The van der Waals surface area contributed by atoms with Crippen LogP contribution in [0.2, 0.25) is 0 Å². The van der Waals surface area contributed by atoms with Crippen molar-refractivity contribution in [2.45, 2.75) is 39.7 Å². The zero-order chi connectivity index (χ0) is 20.4. The molecule has 0 saturated carbocycles. The first-order chi connectivity index (χ1) is 14.0. The molecule has 2 aromatic heterocycles. The third-order valence-electron chi connectivity index (χ3n) is 5.35. The Bertz CT molecular complexity index is 1080. The monoisotopic (exact) mass is 392 g/mol. The summed E-state index contributed by atoms with van der Waals surface area (Å²) in [6.07, 6.45) is 3.81. The van der Waals surface area contributed by atoms with Gasteiger partial charge in [0.15, 0.2) is 0 Å². The standard InChI is InChI=1S/C23H28N4O2/c1-4-5-18-13-17-8-9-24-23(28)21(17)22(25-18)26-19-6-7-20(15(2)12-19)27-10-11-29-16(3)14-27/h6-9,12-13,16H,4-5,10-11,14H2,1-3H3,(H,24,28)(H,25,26)/t16-/m1/s1. The second kappa shape index (κ2) is 8.25. The number of nitrogens with zero attached hydrogens (tertiary/aromatic N) is 2. The van der Waals surface area contributed by atoms with Crippen molar-refractivity contribution in [1.29, 1.82) is 0 Å². The lowest BCUT2D eigenvalue weighted by molar-refractivity contribution is 0.0532. The molecule has 2 N–H and O–H groups in total. The topological polar surface area (TPSA) is 70.2 Å². The lowest BCUT2D eigenvalue weighted by Crippen LogP contribution is -2.41. The number of rotatable bonds is 5. The van der Waals surface area contributed by atoms with E-state index >= 15 is 0 Å². The van der Waals surface area contributed by atoms with E-state index in [2.05, 4.69) is 54.2 Å². The number of pyridine rings is 2. The zero-order valence-electron chi connectivity index (χ0n) is 17.3. The normalized spacial score (nSPS) is 16.9. The highest BCUT2D eigenvalue weighted by atomic mass is 16.5. The maximum Gasteiger partial charge on any atom is 0.259 e. The maximum atomic E-state index is 12.5. The Labute approximate surface area is 170 Å². The third kappa shape index (κ3) is 4.12. The van der Waals surface area contributed by atoms with Gasteiger partial charge >= 0.3 is 0 Å². The van der Waals surface area contributed by atoms with E-state index in [0.717, 1.165) is 49.3 Å². The summed E-state index contributed by atoms with van der Waals surface area (Å²) in [6, 6.07) is 10.2. The molecule has 0 amide bonds. The summed E-state index contributed by atoms with van der Waals surface area (Å²) in [7, 11) is 0. The third-order valence-corrected chi connectivity index (χ3v) is 5.35. The lowest BCUT2D eigenvalue weighted by atomic mass is 10.1. The number of H-pyrrole nitrogens is 1.